The Balaban J connectivity index is 0.00000338. The van der Waals surface area contributed by atoms with E-state index in [4.69, 9.17) is 15.2 Å². The number of ether oxygens (including phenoxy) is 2. The van der Waals surface area contributed by atoms with Gasteiger partial charge >= 0.3 is 0 Å². The fourth-order valence-corrected chi connectivity index (χ4v) is 3.31. The average Bonchev–Trinajstić information content (AvgIpc) is 2.61. The maximum absolute atomic E-state index is 6.26. The van der Waals surface area contributed by atoms with Crippen molar-refractivity contribution in [1.29, 1.82) is 0 Å². The lowest BCUT2D eigenvalue weighted by atomic mass is 10.1. The van der Waals surface area contributed by atoms with Crippen molar-refractivity contribution < 1.29 is 9.47 Å². The van der Waals surface area contributed by atoms with Crippen molar-refractivity contribution in [3.05, 3.63) is 59.7 Å². The summed E-state index contributed by atoms with van der Waals surface area (Å²) in [6, 6.07) is 16.6. The molecule has 2 rings (SSSR count). The van der Waals surface area contributed by atoms with Crippen molar-refractivity contribution in [2.75, 3.05) is 19.5 Å². The third-order valence-corrected chi connectivity index (χ3v) is 5.15. The van der Waals surface area contributed by atoms with Gasteiger partial charge in [-0.3, -0.25) is 0 Å². The second kappa shape index (κ2) is 12.1. The number of benzene rings is 2. The lowest BCUT2D eigenvalue weighted by Crippen LogP contribution is -2.26. The minimum Gasteiger partial charge on any atom is -0.493 e. The van der Waals surface area contributed by atoms with Crippen LogP contribution in [0.1, 0.15) is 25.0 Å². The van der Waals surface area contributed by atoms with Gasteiger partial charge in [-0.05, 0) is 34.9 Å². The van der Waals surface area contributed by atoms with E-state index in [1.165, 1.54) is 11.1 Å². The second-order valence-corrected chi connectivity index (χ2v) is 8.03. The Morgan fingerprint density at radius 3 is 2.38 bits per heavy atom. The van der Waals surface area contributed by atoms with Gasteiger partial charge in [0, 0.05) is 18.2 Å². The van der Waals surface area contributed by atoms with E-state index in [9.17, 15) is 0 Å². The molecule has 2 aromatic rings. The summed E-state index contributed by atoms with van der Waals surface area (Å²) in [6.07, 6.45) is 1.72. The molecule has 3 nitrogen and oxygen atoms in total. The Morgan fingerprint density at radius 2 is 1.73 bits per heavy atom. The van der Waals surface area contributed by atoms with Crippen molar-refractivity contribution in [3.8, 4) is 11.5 Å². The van der Waals surface area contributed by atoms with E-state index < -0.39 is 0 Å². The maximum atomic E-state index is 6.26. The molecule has 2 aromatic carbocycles. The Bertz CT molecular complexity index is 637. The lowest BCUT2D eigenvalue weighted by molar-refractivity contribution is 0.297. The zero-order chi connectivity index (χ0) is 18.1. The number of thioether (sulfide) groups is 1. The van der Waals surface area contributed by atoms with Crippen LogP contribution < -0.4 is 15.2 Å². The molecular formula is C21H30ClNO2S. The van der Waals surface area contributed by atoms with Gasteiger partial charge in [0.15, 0.2) is 11.5 Å². The Labute approximate surface area is 168 Å². The largest absolute Gasteiger partial charge is 0.493 e. The molecular weight excluding hydrogens is 366 g/mol. The summed E-state index contributed by atoms with van der Waals surface area (Å²) in [5, 5.41) is 0.610. The smallest absolute Gasteiger partial charge is 0.161 e. The molecule has 0 saturated heterocycles. The first-order valence-electron chi connectivity index (χ1n) is 8.79. The summed E-state index contributed by atoms with van der Waals surface area (Å²) in [4.78, 5) is 0. The van der Waals surface area contributed by atoms with Crippen LogP contribution in [0.25, 0.3) is 0 Å². The predicted molar refractivity (Wildman–Crippen MR) is 115 cm³/mol. The summed E-state index contributed by atoms with van der Waals surface area (Å²) >= 11 is 1.90. The van der Waals surface area contributed by atoms with Gasteiger partial charge in [0.25, 0.3) is 0 Å². The number of halogens is 1. The highest BCUT2D eigenvalue weighted by Gasteiger charge is 2.10. The first-order valence-corrected chi connectivity index (χ1v) is 9.84. The summed E-state index contributed by atoms with van der Waals surface area (Å²) < 4.78 is 11.4. The zero-order valence-corrected chi connectivity index (χ0v) is 17.4. The molecule has 0 saturated carbocycles. The monoisotopic (exact) mass is 395 g/mol. The summed E-state index contributed by atoms with van der Waals surface area (Å²) in [5.74, 6) is 2.52. The van der Waals surface area contributed by atoms with Crippen LogP contribution in [0.4, 0.5) is 0 Å². The normalized spacial score (nSPS) is 11.7. The molecule has 0 amide bonds. The van der Waals surface area contributed by atoms with E-state index in [2.05, 4.69) is 38.1 Å². The second-order valence-electron chi connectivity index (χ2n) is 6.42. The van der Waals surface area contributed by atoms with E-state index in [-0.39, 0.29) is 18.4 Å². The quantitative estimate of drug-likeness (QED) is 0.630. The first kappa shape index (κ1) is 22.7. The molecule has 0 fully saturated rings. The predicted octanol–water partition coefficient (Wildman–Crippen LogP) is 4.75. The van der Waals surface area contributed by atoms with E-state index >= 15 is 0 Å². The van der Waals surface area contributed by atoms with Crippen LogP contribution in [0, 0.1) is 0 Å². The van der Waals surface area contributed by atoms with Crippen molar-refractivity contribution >= 4 is 24.2 Å². The van der Waals surface area contributed by atoms with Gasteiger partial charge in [-0.1, -0.05) is 50.2 Å². The number of rotatable bonds is 10. The lowest BCUT2D eigenvalue weighted by Gasteiger charge is -2.16. The first-order chi connectivity index (χ1) is 12.1. The molecule has 26 heavy (non-hydrogen) atoms. The minimum atomic E-state index is 0. The molecule has 144 valence electrons. The van der Waals surface area contributed by atoms with Crippen LogP contribution in [-0.4, -0.2) is 30.8 Å². The third-order valence-electron chi connectivity index (χ3n) is 3.86. The van der Waals surface area contributed by atoms with Gasteiger partial charge in [0.2, 0.25) is 0 Å². The Hall–Kier alpha value is -1.36. The molecule has 0 spiro atoms. The van der Waals surface area contributed by atoms with Crippen LogP contribution in [0.5, 0.6) is 11.5 Å². The number of hydrogen-bond acceptors (Lipinski definition) is 4. The summed E-state index contributed by atoms with van der Waals surface area (Å²) in [5.41, 5.74) is 8.71. The highest BCUT2D eigenvalue weighted by atomic mass is 35.5. The van der Waals surface area contributed by atoms with Gasteiger partial charge in [-0.15, -0.1) is 12.4 Å². The number of hydrogen-bond donors (Lipinski definition) is 1. The van der Waals surface area contributed by atoms with Gasteiger partial charge in [0.05, 0.1) is 13.7 Å². The molecule has 0 aliphatic carbocycles. The number of nitrogens with two attached hydrogens (primary N) is 1. The molecule has 2 N–H and O–H groups in total. The highest BCUT2D eigenvalue weighted by molar-refractivity contribution is 7.99. The van der Waals surface area contributed by atoms with E-state index in [1.807, 2.05) is 36.0 Å². The Kier molecular flexibility index (Phi) is 10.6. The Morgan fingerprint density at radius 1 is 1.00 bits per heavy atom. The van der Waals surface area contributed by atoms with Crippen molar-refractivity contribution in [2.24, 2.45) is 5.73 Å². The molecule has 0 aliphatic heterocycles. The van der Waals surface area contributed by atoms with Crippen LogP contribution in [0.3, 0.4) is 0 Å². The molecule has 0 aliphatic rings. The van der Waals surface area contributed by atoms with Crippen LogP contribution in [0.2, 0.25) is 0 Å². The van der Waals surface area contributed by atoms with Gasteiger partial charge < -0.3 is 15.2 Å². The third kappa shape index (κ3) is 7.90. The summed E-state index contributed by atoms with van der Waals surface area (Å²) in [7, 11) is 1.67. The SMILES string of the molecule is COc1ccc(CC(N)CSC(C)C)cc1OCCc1ccccc1.Cl. The van der Waals surface area contributed by atoms with E-state index in [1.54, 1.807) is 7.11 Å². The van der Waals surface area contributed by atoms with E-state index in [0.29, 0.717) is 11.9 Å². The minimum absolute atomic E-state index is 0. The standard InChI is InChI=1S/C21H29NO2S.ClH/c1-16(2)25-15-19(22)13-18-9-10-20(23-3)21(14-18)24-12-11-17-7-5-4-6-8-17;/h4-10,14,16,19H,11-13,15,22H2,1-3H3;1H. The highest BCUT2D eigenvalue weighted by Crippen LogP contribution is 2.29. The molecule has 1 atom stereocenters. The van der Waals surface area contributed by atoms with Crippen LogP contribution in [-0.2, 0) is 12.8 Å². The van der Waals surface area contributed by atoms with Crippen molar-refractivity contribution in [1.82, 2.24) is 0 Å². The molecule has 1 unspecified atom stereocenters. The maximum Gasteiger partial charge on any atom is 0.161 e. The molecule has 0 aromatic heterocycles. The van der Waals surface area contributed by atoms with E-state index in [0.717, 1.165) is 30.1 Å². The molecule has 0 bridgehead atoms. The molecule has 0 heterocycles. The average molecular weight is 396 g/mol. The van der Waals surface area contributed by atoms with Gasteiger partial charge in [0.1, 0.15) is 0 Å². The fourth-order valence-electron chi connectivity index (χ4n) is 2.56. The summed E-state index contributed by atoms with van der Waals surface area (Å²) in [6.45, 7) is 5.02. The van der Waals surface area contributed by atoms with Crippen LogP contribution >= 0.6 is 24.2 Å². The van der Waals surface area contributed by atoms with Crippen LogP contribution in [0.15, 0.2) is 48.5 Å². The van der Waals surface area contributed by atoms with Crippen molar-refractivity contribution in [3.63, 3.8) is 0 Å². The molecule has 0 radical (unpaired) electrons. The fraction of sp³-hybridized carbons (Fsp3) is 0.429. The van der Waals surface area contributed by atoms with Crippen molar-refractivity contribution in [2.45, 2.75) is 38.0 Å². The van der Waals surface area contributed by atoms with Gasteiger partial charge in [-0.2, -0.15) is 11.8 Å². The number of methoxy groups -OCH3 is 1. The molecule has 5 heteroatoms. The van der Waals surface area contributed by atoms with Gasteiger partial charge in [-0.25, -0.2) is 0 Å². The topological polar surface area (TPSA) is 44.5 Å². The zero-order valence-electron chi connectivity index (χ0n) is 15.8.